The molecule has 2 nitrogen and oxygen atoms in total. The van der Waals surface area contributed by atoms with E-state index in [1.54, 1.807) is 7.11 Å². The van der Waals surface area contributed by atoms with Gasteiger partial charge in [-0.1, -0.05) is 26.0 Å². The Morgan fingerprint density at radius 1 is 1.25 bits per heavy atom. The Balaban J connectivity index is 3.27. The van der Waals surface area contributed by atoms with Crippen molar-refractivity contribution in [2.75, 3.05) is 7.11 Å². The molecule has 0 aromatic heterocycles. The van der Waals surface area contributed by atoms with Gasteiger partial charge in [0.15, 0.2) is 0 Å². The number of aliphatic hydroxyl groups excluding tert-OH is 1. The quantitative estimate of drug-likeness (QED) is 0.848. The summed E-state index contributed by atoms with van der Waals surface area (Å²) < 4.78 is 5.48. The zero-order valence-corrected chi connectivity index (χ0v) is 10.9. The maximum absolute atomic E-state index is 9.50. The van der Waals surface area contributed by atoms with Crippen LogP contribution in [0.15, 0.2) is 12.1 Å². The lowest BCUT2D eigenvalue weighted by atomic mass is 9.91. The van der Waals surface area contributed by atoms with Gasteiger partial charge in [0, 0.05) is 5.56 Å². The molecule has 1 rings (SSSR count). The van der Waals surface area contributed by atoms with Gasteiger partial charge in [-0.25, -0.2) is 0 Å². The number of aryl methyl sites for hydroxylation is 1. The molecule has 0 fully saturated rings. The molecule has 0 spiro atoms. The lowest BCUT2D eigenvalue weighted by molar-refractivity contribution is 0.195. The molecule has 0 saturated heterocycles. The van der Waals surface area contributed by atoms with E-state index in [0.29, 0.717) is 12.3 Å². The highest BCUT2D eigenvalue weighted by molar-refractivity contribution is 5.48. The molecule has 1 aromatic rings. The lowest BCUT2D eigenvalue weighted by Crippen LogP contribution is -2.09. The molecule has 1 unspecified atom stereocenters. The Morgan fingerprint density at radius 2 is 1.88 bits per heavy atom. The Morgan fingerprint density at radius 3 is 2.31 bits per heavy atom. The van der Waals surface area contributed by atoms with Gasteiger partial charge in [0.2, 0.25) is 0 Å². The van der Waals surface area contributed by atoms with E-state index < -0.39 is 0 Å². The van der Waals surface area contributed by atoms with E-state index in [1.165, 1.54) is 11.1 Å². The van der Waals surface area contributed by atoms with Crippen LogP contribution in [-0.2, 0) is 6.42 Å². The molecular weight excluding hydrogens is 200 g/mol. The van der Waals surface area contributed by atoms with Gasteiger partial charge in [0.25, 0.3) is 0 Å². The van der Waals surface area contributed by atoms with Gasteiger partial charge in [-0.15, -0.1) is 0 Å². The Labute approximate surface area is 98.3 Å². The number of aliphatic hydroxyl groups is 1. The summed E-state index contributed by atoms with van der Waals surface area (Å²) in [6.07, 6.45) is 0.370. The molecule has 0 aliphatic carbocycles. The number of benzene rings is 1. The first-order valence-electron chi connectivity index (χ1n) is 5.81. The average molecular weight is 222 g/mol. The molecule has 0 heterocycles. The molecule has 2 heteroatoms. The Bertz CT molecular complexity index is 354. The average Bonchev–Trinajstić information content (AvgIpc) is 2.18. The summed E-state index contributed by atoms with van der Waals surface area (Å²) in [5.41, 5.74) is 3.57. The van der Waals surface area contributed by atoms with Gasteiger partial charge in [-0.05, 0) is 37.3 Å². The van der Waals surface area contributed by atoms with Gasteiger partial charge in [-0.3, -0.25) is 0 Å². The van der Waals surface area contributed by atoms with Gasteiger partial charge >= 0.3 is 0 Å². The molecule has 0 aliphatic rings. The Hall–Kier alpha value is -1.02. The zero-order valence-electron chi connectivity index (χ0n) is 10.9. The zero-order chi connectivity index (χ0) is 12.3. The number of hydrogen-bond acceptors (Lipinski definition) is 2. The summed E-state index contributed by atoms with van der Waals surface area (Å²) in [6.45, 7) is 8.18. The van der Waals surface area contributed by atoms with E-state index in [2.05, 4.69) is 32.9 Å². The number of methoxy groups -OCH3 is 1. The van der Waals surface area contributed by atoms with Gasteiger partial charge < -0.3 is 9.84 Å². The topological polar surface area (TPSA) is 29.5 Å². The predicted octanol–water partition coefficient (Wildman–Crippen LogP) is 3.05. The van der Waals surface area contributed by atoms with Crippen LogP contribution in [-0.4, -0.2) is 18.3 Å². The van der Waals surface area contributed by atoms with Crippen LogP contribution in [0.5, 0.6) is 5.75 Å². The van der Waals surface area contributed by atoms with Crippen molar-refractivity contribution in [3.05, 3.63) is 28.8 Å². The fourth-order valence-corrected chi connectivity index (χ4v) is 2.15. The molecule has 90 valence electrons. The number of rotatable bonds is 4. The molecule has 1 atom stereocenters. The summed E-state index contributed by atoms with van der Waals surface area (Å²) in [7, 11) is 1.71. The molecule has 0 saturated carbocycles. The van der Waals surface area contributed by atoms with E-state index in [1.807, 2.05) is 6.92 Å². The highest BCUT2D eigenvalue weighted by Gasteiger charge is 2.15. The third kappa shape index (κ3) is 2.76. The van der Waals surface area contributed by atoms with Gasteiger partial charge in [0.1, 0.15) is 5.75 Å². The molecule has 0 bridgehead atoms. The summed E-state index contributed by atoms with van der Waals surface area (Å²) in [4.78, 5) is 0. The maximum Gasteiger partial charge on any atom is 0.125 e. The highest BCUT2D eigenvalue weighted by atomic mass is 16.5. The molecular formula is C14H22O2. The summed E-state index contributed by atoms with van der Waals surface area (Å²) in [5.74, 6) is 1.37. The fourth-order valence-electron chi connectivity index (χ4n) is 2.15. The molecule has 0 radical (unpaired) electrons. The summed E-state index contributed by atoms with van der Waals surface area (Å²) >= 11 is 0. The van der Waals surface area contributed by atoms with E-state index >= 15 is 0 Å². The smallest absolute Gasteiger partial charge is 0.125 e. The fraction of sp³-hybridized carbons (Fsp3) is 0.571. The van der Waals surface area contributed by atoms with Crippen molar-refractivity contribution >= 4 is 0 Å². The normalized spacial score (nSPS) is 12.9. The first-order valence-corrected chi connectivity index (χ1v) is 5.81. The monoisotopic (exact) mass is 222 g/mol. The third-order valence-electron chi connectivity index (χ3n) is 2.78. The van der Waals surface area contributed by atoms with Crippen molar-refractivity contribution in [3.63, 3.8) is 0 Å². The minimum atomic E-state index is -0.315. The van der Waals surface area contributed by atoms with Crippen molar-refractivity contribution in [2.45, 2.75) is 46.1 Å². The number of ether oxygens (including phenoxy) is 1. The van der Waals surface area contributed by atoms with Crippen molar-refractivity contribution in [1.29, 1.82) is 0 Å². The molecule has 1 N–H and O–H groups in total. The molecule has 0 aliphatic heterocycles. The summed E-state index contributed by atoms with van der Waals surface area (Å²) in [6, 6.07) is 4.16. The van der Waals surface area contributed by atoms with Gasteiger partial charge in [-0.2, -0.15) is 0 Å². The SMILES string of the molecule is COc1c(C)ccc(CC(C)O)c1C(C)C. The maximum atomic E-state index is 9.50. The van der Waals surface area contributed by atoms with Gasteiger partial charge in [0.05, 0.1) is 13.2 Å². The lowest BCUT2D eigenvalue weighted by Gasteiger charge is -2.19. The van der Waals surface area contributed by atoms with E-state index in [-0.39, 0.29) is 6.10 Å². The first kappa shape index (κ1) is 13.0. The van der Waals surface area contributed by atoms with E-state index in [0.717, 1.165) is 11.3 Å². The second-order valence-corrected chi connectivity index (χ2v) is 4.70. The van der Waals surface area contributed by atoms with Crippen LogP contribution >= 0.6 is 0 Å². The van der Waals surface area contributed by atoms with E-state index in [4.69, 9.17) is 4.74 Å². The molecule has 1 aromatic carbocycles. The van der Waals surface area contributed by atoms with Crippen molar-refractivity contribution in [1.82, 2.24) is 0 Å². The second-order valence-electron chi connectivity index (χ2n) is 4.70. The highest BCUT2D eigenvalue weighted by Crippen LogP contribution is 2.33. The number of hydrogen-bond donors (Lipinski definition) is 1. The van der Waals surface area contributed by atoms with Crippen LogP contribution in [0.1, 0.15) is 43.4 Å². The van der Waals surface area contributed by atoms with Crippen LogP contribution in [0.25, 0.3) is 0 Å². The van der Waals surface area contributed by atoms with Crippen LogP contribution in [0.3, 0.4) is 0 Å². The standard InChI is InChI=1S/C14H22O2/c1-9(2)13-12(8-11(4)15)7-6-10(3)14(13)16-5/h6-7,9,11,15H,8H2,1-5H3. The third-order valence-corrected chi connectivity index (χ3v) is 2.78. The minimum absolute atomic E-state index is 0.315. The predicted molar refractivity (Wildman–Crippen MR) is 67.2 cm³/mol. The van der Waals surface area contributed by atoms with Crippen molar-refractivity contribution < 1.29 is 9.84 Å². The van der Waals surface area contributed by atoms with Crippen LogP contribution in [0.2, 0.25) is 0 Å². The molecule has 16 heavy (non-hydrogen) atoms. The van der Waals surface area contributed by atoms with E-state index in [9.17, 15) is 5.11 Å². The first-order chi connectivity index (χ1) is 7.47. The summed E-state index contributed by atoms with van der Waals surface area (Å²) in [5, 5.41) is 9.50. The second kappa shape index (κ2) is 5.35. The van der Waals surface area contributed by atoms with Crippen molar-refractivity contribution in [3.8, 4) is 5.75 Å². The Kier molecular flexibility index (Phi) is 4.36. The largest absolute Gasteiger partial charge is 0.496 e. The molecule has 0 amide bonds. The van der Waals surface area contributed by atoms with Crippen molar-refractivity contribution in [2.24, 2.45) is 0 Å². The minimum Gasteiger partial charge on any atom is -0.496 e. The van der Waals surface area contributed by atoms with Crippen LogP contribution < -0.4 is 4.74 Å². The van der Waals surface area contributed by atoms with Crippen LogP contribution in [0.4, 0.5) is 0 Å². The van der Waals surface area contributed by atoms with Crippen LogP contribution in [0, 0.1) is 6.92 Å².